The van der Waals surface area contributed by atoms with Crippen molar-refractivity contribution in [3.8, 4) is 5.69 Å². The summed E-state index contributed by atoms with van der Waals surface area (Å²) in [6.45, 7) is 0. The Balaban J connectivity index is 1.99. The molecule has 0 bridgehead atoms. The van der Waals surface area contributed by atoms with Crippen LogP contribution in [0.3, 0.4) is 0 Å². The van der Waals surface area contributed by atoms with Gasteiger partial charge in [-0.1, -0.05) is 41.1 Å². The van der Waals surface area contributed by atoms with Gasteiger partial charge in [0.1, 0.15) is 0 Å². The maximum atomic E-state index is 12.4. The molecular weight excluding hydrogens is 306 g/mol. The zero-order valence-electron chi connectivity index (χ0n) is 10.8. The number of hydrogen-bond donors (Lipinski definition) is 1. The van der Waals surface area contributed by atoms with E-state index < -0.39 is 0 Å². The van der Waals surface area contributed by atoms with Gasteiger partial charge in [0.2, 0.25) is 10.6 Å². The first-order valence-corrected chi connectivity index (χ1v) is 7.35. The SMILES string of the molecule is N=c1sc(C(=O)c2ccc(Cl)cc2)nn1-c1ccccc1. The van der Waals surface area contributed by atoms with E-state index in [0.717, 1.165) is 17.0 Å². The smallest absolute Gasteiger partial charge is 0.223 e. The lowest BCUT2D eigenvalue weighted by molar-refractivity contribution is 0.103. The minimum atomic E-state index is -0.208. The van der Waals surface area contributed by atoms with Crippen LogP contribution in [0.2, 0.25) is 5.02 Å². The number of nitrogens with one attached hydrogen (secondary N) is 1. The van der Waals surface area contributed by atoms with Crippen molar-refractivity contribution in [3.05, 3.63) is 75.0 Å². The molecule has 0 fully saturated rings. The molecule has 4 nitrogen and oxygen atoms in total. The molecule has 3 aromatic rings. The Labute approximate surface area is 129 Å². The number of halogens is 1. The second kappa shape index (κ2) is 5.63. The van der Waals surface area contributed by atoms with Crippen LogP contribution in [-0.4, -0.2) is 15.6 Å². The Bertz CT molecular complexity index is 837. The quantitative estimate of drug-likeness (QED) is 0.754. The van der Waals surface area contributed by atoms with Crippen LogP contribution in [0.5, 0.6) is 0 Å². The number of carbonyl (C=O) groups excluding carboxylic acids is 1. The van der Waals surface area contributed by atoms with Crippen molar-refractivity contribution < 1.29 is 4.79 Å². The molecule has 0 amide bonds. The van der Waals surface area contributed by atoms with E-state index in [1.807, 2.05) is 30.3 Å². The first kappa shape index (κ1) is 13.7. The van der Waals surface area contributed by atoms with Crippen molar-refractivity contribution in [2.45, 2.75) is 0 Å². The molecule has 6 heteroatoms. The van der Waals surface area contributed by atoms with Gasteiger partial charge >= 0.3 is 0 Å². The summed E-state index contributed by atoms with van der Waals surface area (Å²) in [5, 5.41) is 13.1. The third kappa shape index (κ3) is 2.79. The molecule has 0 radical (unpaired) electrons. The Morgan fingerprint density at radius 1 is 1.10 bits per heavy atom. The number of ketones is 1. The van der Waals surface area contributed by atoms with E-state index in [9.17, 15) is 4.79 Å². The van der Waals surface area contributed by atoms with Crippen molar-refractivity contribution in [2.75, 3.05) is 0 Å². The van der Waals surface area contributed by atoms with Gasteiger partial charge in [0.05, 0.1) is 5.69 Å². The molecule has 0 spiro atoms. The Kier molecular flexibility index (Phi) is 3.68. The van der Waals surface area contributed by atoms with Crippen LogP contribution in [0.1, 0.15) is 15.4 Å². The van der Waals surface area contributed by atoms with Crippen LogP contribution in [0, 0.1) is 5.41 Å². The molecule has 1 N–H and O–H groups in total. The Morgan fingerprint density at radius 2 is 1.76 bits per heavy atom. The highest BCUT2D eigenvalue weighted by Crippen LogP contribution is 2.15. The van der Waals surface area contributed by atoms with Crippen LogP contribution in [0.25, 0.3) is 5.69 Å². The van der Waals surface area contributed by atoms with Gasteiger partial charge in [0.15, 0.2) is 5.01 Å². The van der Waals surface area contributed by atoms with Crippen molar-refractivity contribution >= 4 is 28.7 Å². The topological polar surface area (TPSA) is 58.7 Å². The lowest BCUT2D eigenvalue weighted by atomic mass is 10.1. The van der Waals surface area contributed by atoms with E-state index in [1.165, 1.54) is 4.68 Å². The molecule has 0 saturated heterocycles. The maximum absolute atomic E-state index is 12.4. The Hall–Kier alpha value is -2.24. The fourth-order valence-electron chi connectivity index (χ4n) is 1.85. The number of nitrogens with zero attached hydrogens (tertiary/aromatic N) is 2. The van der Waals surface area contributed by atoms with Gasteiger partial charge in [0.25, 0.3) is 0 Å². The molecule has 0 unspecified atom stereocenters. The molecule has 0 atom stereocenters. The fourth-order valence-corrected chi connectivity index (χ4v) is 2.73. The maximum Gasteiger partial charge on any atom is 0.223 e. The summed E-state index contributed by atoms with van der Waals surface area (Å²) >= 11 is 6.87. The van der Waals surface area contributed by atoms with Gasteiger partial charge < -0.3 is 0 Å². The molecule has 2 aromatic carbocycles. The summed E-state index contributed by atoms with van der Waals surface area (Å²) in [5.41, 5.74) is 1.27. The molecular formula is C15H10ClN3OS. The molecule has 1 aromatic heterocycles. The summed E-state index contributed by atoms with van der Waals surface area (Å²) in [5.74, 6) is -0.208. The number of hydrogen-bond acceptors (Lipinski definition) is 4. The van der Waals surface area contributed by atoms with Gasteiger partial charge in [-0.25, -0.2) is 4.68 Å². The average Bonchev–Trinajstić information content (AvgIpc) is 2.90. The average molecular weight is 316 g/mol. The zero-order valence-corrected chi connectivity index (χ0v) is 12.4. The first-order valence-electron chi connectivity index (χ1n) is 6.15. The summed E-state index contributed by atoms with van der Waals surface area (Å²) in [6, 6.07) is 15.9. The third-order valence-electron chi connectivity index (χ3n) is 2.88. The largest absolute Gasteiger partial charge is 0.286 e. The second-order valence-corrected chi connectivity index (χ2v) is 5.71. The van der Waals surface area contributed by atoms with Crippen LogP contribution in [0.4, 0.5) is 0 Å². The zero-order chi connectivity index (χ0) is 14.8. The number of carbonyl (C=O) groups is 1. The fraction of sp³-hybridized carbons (Fsp3) is 0. The van der Waals surface area contributed by atoms with Crippen LogP contribution >= 0.6 is 22.9 Å². The summed E-state index contributed by atoms with van der Waals surface area (Å²) in [7, 11) is 0. The van der Waals surface area contributed by atoms with Crippen LogP contribution in [0.15, 0.2) is 54.6 Å². The monoisotopic (exact) mass is 315 g/mol. The minimum Gasteiger partial charge on any atom is -0.286 e. The van der Waals surface area contributed by atoms with E-state index >= 15 is 0 Å². The number of benzene rings is 2. The lowest BCUT2D eigenvalue weighted by Crippen LogP contribution is -2.12. The lowest BCUT2D eigenvalue weighted by Gasteiger charge is -1.99. The highest BCUT2D eigenvalue weighted by molar-refractivity contribution is 7.11. The first-order chi connectivity index (χ1) is 10.1. The Morgan fingerprint density at radius 3 is 2.43 bits per heavy atom. The van der Waals surface area contributed by atoms with Crippen molar-refractivity contribution in [2.24, 2.45) is 0 Å². The molecule has 3 rings (SSSR count). The standard InChI is InChI=1S/C15H10ClN3OS/c16-11-8-6-10(7-9-11)13(20)14-18-19(15(17)21-14)12-4-2-1-3-5-12/h1-9,17H. The summed E-state index contributed by atoms with van der Waals surface area (Å²) < 4.78 is 1.45. The summed E-state index contributed by atoms with van der Waals surface area (Å²) in [6.07, 6.45) is 0. The third-order valence-corrected chi connectivity index (χ3v) is 3.96. The van der Waals surface area contributed by atoms with Crippen molar-refractivity contribution in [1.29, 1.82) is 5.41 Å². The molecule has 1 heterocycles. The van der Waals surface area contributed by atoms with Crippen molar-refractivity contribution in [3.63, 3.8) is 0 Å². The van der Waals surface area contributed by atoms with E-state index in [1.54, 1.807) is 24.3 Å². The molecule has 0 aliphatic rings. The highest BCUT2D eigenvalue weighted by Gasteiger charge is 2.15. The van der Waals surface area contributed by atoms with Gasteiger partial charge in [0, 0.05) is 10.6 Å². The molecule has 104 valence electrons. The minimum absolute atomic E-state index is 0.207. The van der Waals surface area contributed by atoms with Crippen molar-refractivity contribution in [1.82, 2.24) is 9.78 Å². The van der Waals surface area contributed by atoms with Crippen LogP contribution in [-0.2, 0) is 0 Å². The van der Waals surface area contributed by atoms with E-state index in [-0.39, 0.29) is 15.6 Å². The van der Waals surface area contributed by atoms with E-state index in [2.05, 4.69) is 5.10 Å². The van der Waals surface area contributed by atoms with E-state index in [4.69, 9.17) is 17.0 Å². The molecule has 0 aliphatic heterocycles. The molecule has 0 aliphatic carbocycles. The molecule has 21 heavy (non-hydrogen) atoms. The van der Waals surface area contributed by atoms with Gasteiger partial charge in [-0.2, -0.15) is 5.10 Å². The number of para-hydroxylation sites is 1. The van der Waals surface area contributed by atoms with E-state index in [0.29, 0.717) is 10.6 Å². The predicted molar refractivity (Wildman–Crippen MR) is 82.2 cm³/mol. The predicted octanol–water partition coefficient (Wildman–Crippen LogP) is 3.30. The summed E-state index contributed by atoms with van der Waals surface area (Å²) in [4.78, 5) is 12.6. The molecule has 0 saturated carbocycles. The van der Waals surface area contributed by atoms with Gasteiger partial charge in [-0.3, -0.25) is 10.2 Å². The number of rotatable bonds is 3. The number of aromatic nitrogens is 2. The normalized spacial score (nSPS) is 10.5. The van der Waals surface area contributed by atoms with Gasteiger partial charge in [-0.15, -0.1) is 0 Å². The van der Waals surface area contributed by atoms with Crippen LogP contribution < -0.4 is 4.80 Å². The van der Waals surface area contributed by atoms with Gasteiger partial charge in [-0.05, 0) is 36.4 Å². The highest BCUT2D eigenvalue weighted by atomic mass is 35.5. The second-order valence-electron chi connectivity index (χ2n) is 4.30.